The zero-order valence-electron chi connectivity index (χ0n) is 8.90. The summed E-state index contributed by atoms with van der Waals surface area (Å²) in [6.45, 7) is 3.65. The summed E-state index contributed by atoms with van der Waals surface area (Å²) >= 11 is 6.10. The van der Waals surface area contributed by atoms with Crippen LogP contribution >= 0.6 is 11.6 Å². The summed E-state index contributed by atoms with van der Waals surface area (Å²) < 4.78 is 7.30. The van der Waals surface area contributed by atoms with Gasteiger partial charge in [0.2, 0.25) is 0 Å². The van der Waals surface area contributed by atoms with Crippen LogP contribution in [0.5, 0.6) is 0 Å². The molecule has 0 bridgehead atoms. The molecule has 15 heavy (non-hydrogen) atoms. The first kappa shape index (κ1) is 10.9. The maximum absolute atomic E-state index is 6.10. The number of aromatic nitrogens is 3. The standard InChI is InChI=1S/C10H16ClN3O/c1-2-9(11)10-6-14(13-12-10)8-4-3-5-15-7-8/h6,8-9H,2-5,7H2,1H3. The Balaban J connectivity index is 2.05. The van der Waals surface area contributed by atoms with E-state index < -0.39 is 0 Å². The lowest BCUT2D eigenvalue weighted by Gasteiger charge is -2.21. The van der Waals surface area contributed by atoms with Crippen molar-refractivity contribution in [1.82, 2.24) is 15.0 Å². The van der Waals surface area contributed by atoms with E-state index in [2.05, 4.69) is 10.3 Å². The Labute approximate surface area is 94.6 Å². The lowest BCUT2D eigenvalue weighted by molar-refractivity contribution is 0.0543. The molecule has 5 heteroatoms. The molecule has 0 amide bonds. The van der Waals surface area contributed by atoms with E-state index in [1.54, 1.807) is 0 Å². The number of hydrogen-bond donors (Lipinski definition) is 0. The Kier molecular flexibility index (Phi) is 3.59. The highest BCUT2D eigenvalue weighted by Crippen LogP contribution is 2.24. The maximum Gasteiger partial charge on any atom is 0.101 e. The molecule has 0 aliphatic carbocycles. The van der Waals surface area contributed by atoms with Crippen molar-refractivity contribution in [2.45, 2.75) is 37.6 Å². The Morgan fingerprint density at radius 1 is 1.73 bits per heavy atom. The van der Waals surface area contributed by atoms with Crippen LogP contribution in [0, 0.1) is 0 Å². The summed E-state index contributed by atoms with van der Waals surface area (Å²) in [5.41, 5.74) is 0.866. The van der Waals surface area contributed by atoms with Crippen LogP contribution in [-0.4, -0.2) is 28.2 Å². The summed E-state index contributed by atoms with van der Waals surface area (Å²) in [5, 5.41) is 8.17. The van der Waals surface area contributed by atoms with Gasteiger partial charge in [-0.15, -0.1) is 16.7 Å². The van der Waals surface area contributed by atoms with Crippen molar-refractivity contribution in [1.29, 1.82) is 0 Å². The smallest absolute Gasteiger partial charge is 0.101 e. The molecule has 1 saturated heterocycles. The van der Waals surface area contributed by atoms with Crippen LogP contribution in [0.3, 0.4) is 0 Å². The van der Waals surface area contributed by atoms with Gasteiger partial charge in [0.1, 0.15) is 5.69 Å². The van der Waals surface area contributed by atoms with Crippen LogP contribution in [0.25, 0.3) is 0 Å². The average Bonchev–Trinajstić information content (AvgIpc) is 2.78. The second-order valence-electron chi connectivity index (χ2n) is 3.87. The Bertz CT molecular complexity index is 309. The number of rotatable bonds is 3. The van der Waals surface area contributed by atoms with Gasteiger partial charge in [-0.05, 0) is 19.3 Å². The highest BCUT2D eigenvalue weighted by Gasteiger charge is 2.18. The summed E-state index contributed by atoms with van der Waals surface area (Å²) in [7, 11) is 0. The Morgan fingerprint density at radius 2 is 2.60 bits per heavy atom. The Hall–Kier alpha value is -0.610. The minimum Gasteiger partial charge on any atom is -0.379 e. The van der Waals surface area contributed by atoms with Crippen LogP contribution in [-0.2, 0) is 4.74 Å². The van der Waals surface area contributed by atoms with E-state index in [1.807, 2.05) is 17.8 Å². The summed E-state index contributed by atoms with van der Waals surface area (Å²) in [6.07, 6.45) is 5.03. The van der Waals surface area contributed by atoms with Crippen LogP contribution in [0.2, 0.25) is 0 Å². The van der Waals surface area contributed by atoms with Gasteiger partial charge in [0.05, 0.1) is 24.2 Å². The first-order chi connectivity index (χ1) is 7.31. The van der Waals surface area contributed by atoms with Gasteiger partial charge in [0, 0.05) is 6.61 Å². The lowest BCUT2D eigenvalue weighted by Crippen LogP contribution is -2.21. The van der Waals surface area contributed by atoms with Crippen molar-refractivity contribution in [2.24, 2.45) is 0 Å². The molecule has 2 atom stereocenters. The molecule has 2 heterocycles. The average molecular weight is 230 g/mol. The first-order valence-electron chi connectivity index (χ1n) is 5.44. The molecule has 0 aromatic carbocycles. The van der Waals surface area contributed by atoms with Gasteiger partial charge >= 0.3 is 0 Å². The fourth-order valence-corrected chi connectivity index (χ4v) is 1.85. The topological polar surface area (TPSA) is 39.9 Å². The van der Waals surface area contributed by atoms with Gasteiger partial charge < -0.3 is 4.74 Å². The molecule has 1 aliphatic heterocycles. The highest BCUT2D eigenvalue weighted by molar-refractivity contribution is 6.20. The van der Waals surface area contributed by atoms with Gasteiger partial charge in [-0.3, -0.25) is 0 Å². The van der Waals surface area contributed by atoms with Crippen LogP contribution < -0.4 is 0 Å². The molecule has 0 N–H and O–H groups in total. The van der Waals surface area contributed by atoms with E-state index >= 15 is 0 Å². The predicted molar refractivity (Wildman–Crippen MR) is 58.0 cm³/mol. The fourth-order valence-electron chi connectivity index (χ4n) is 1.75. The van der Waals surface area contributed by atoms with Gasteiger partial charge in [-0.1, -0.05) is 12.1 Å². The van der Waals surface area contributed by atoms with Crippen LogP contribution in [0.15, 0.2) is 6.20 Å². The molecule has 1 fully saturated rings. The molecule has 0 saturated carbocycles. The molecule has 1 aromatic rings. The molecule has 1 aromatic heterocycles. The summed E-state index contributed by atoms with van der Waals surface area (Å²) in [5.74, 6) is 0. The quantitative estimate of drug-likeness (QED) is 0.747. The summed E-state index contributed by atoms with van der Waals surface area (Å²) in [4.78, 5) is 0. The Morgan fingerprint density at radius 3 is 3.27 bits per heavy atom. The van der Waals surface area contributed by atoms with Gasteiger partial charge in [-0.2, -0.15) is 0 Å². The van der Waals surface area contributed by atoms with Crippen LogP contribution in [0.1, 0.15) is 43.3 Å². The minimum absolute atomic E-state index is 0.0248. The summed E-state index contributed by atoms with van der Waals surface area (Å²) in [6, 6.07) is 0.334. The maximum atomic E-state index is 6.10. The van der Waals surface area contributed by atoms with Gasteiger partial charge in [0.15, 0.2) is 0 Å². The molecule has 2 unspecified atom stereocenters. The highest BCUT2D eigenvalue weighted by atomic mass is 35.5. The monoisotopic (exact) mass is 229 g/mol. The third-order valence-electron chi connectivity index (χ3n) is 2.72. The first-order valence-corrected chi connectivity index (χ1v) is 5.88. The third kappa shape index (κ3) is 2.49. The minimum atomic E-state index is -0.0248. The molecule has 4 nitrogen and oxygen atoms in total. The van der Waals surface area contributed by atoms with E-state index in [-0.39, 0.29) is 5.38 Å². The second kappa shape index (κ2) is 4.94. The van der Waals surface area contributed by atoms with Crippen molar-refractivity contribution in [3.05, 3.63) is 11.9 Å². The number of nitrogens with zero attached hydrogens (tertiary/aromatic N) is 3. The van der Waals surface area contributed by atoms with Crippen molar-refractivity contribution < 1.29 is 4.74 Å². The molecule has 1 aliphatic rings. The van der Waals surface area contributed by atoms with Crippen molar-refractivity contribution in [3.8, 4) is 0 Å². The zero-order valence-corrected chi connectivity index (χ0v) is 9.65. The molecule has 0 spiro atoms. The fraction of sp³-hybridized carbons (Fsp3) is 0.800. The number of halogens is 1. The number of ether oxygens (including phenoxy) is 1. The zero-order chi connectivity index (χ0) is 10.7. The van der Waals surface area contributed by atoms with Gasteiger partial charge in [-0.25, -0.2) is 4.68 Å². The number of alkyl halides is 1. The van der Waals surface area contributed by atoms with E-state index in [0.29, 0.717) is 6.04 Å². The molecule has 84 valence electrons. The normalized spacial score (nSPS) is 24.0. The molecular formula is C10H16ClN3O. The van der Waals surface area contributed by atoms with Crippen molar-refractivity contribution >= 4 is 11.6 Å². The van der Waals surface area contributed by atoms with Crippen LogP contribution in [0.4, 0.5) is 0 Å². The van der Waals surface area contributed by atoms with Crippen molar-refractivity contribution in [2.75, 3.05) is 13.2 Å². The van der Waals surface area contributed by atoms with E-state index in [4.69, 9.17) is 16.3 Å². The second-order valence-corrected chi connectivity index (χ2v) is 4.40. The third-order valence-corrected chi connectivity index (χ3v) is 3.25. The molecule has 0 radical (unpaired) electrons. The van der Waals surface area contributed by atoms with E-state index in [1.165, 1.54) is 0 Å². The SMILES string of the molecule is CCC(Cl)c1cn(C2CCCOC2)nn1. The molecule has 2 rings (SSSR count). The van der Waals surface area contributed by atoms with E-state index in [9.17, 15) is 0 Å². The van der Waals surface area contributed by atoms with E-state index in [0.717, 1.165) is 38.2 Å². The van der Waals surface area contributed by atoms with Gasteiger partial charge in [0.25, 0.3) is 0 Å². The van der Waals surface area contributed by atoms with Crippen molar-refractivity contribution in [3.63, 3.8) is 0 Å². The predicted octanol–water partition coefficient (Wildman–Crippen LogP) is 2.32. The largest absolute Gasteiger partial charge is 0.379 e. The number of hydrogen-bond acceptors (Lipinski definition) is 3. The molecular weight excluding hydrogens is 214 g/mol. The lowest BCUT2D eigenvalue weighted by atomic mass is 10.1.